The van der Waals surface area contributed by atoms with Gasteiger partial charge in [-0.1, -0.05) is 5.16 Å². The van der Waals surface area contributed by atoms with Crippen molar-refractivity contribution in [2.24, 2.45) is 5.16 Å². The molecule has 0 aliphatic heterocycles. The molecule has 1 N–H and O–H groups in total. The van der Waals surface area contributed by atoms with Gasteiger partial charge in [0.1, 0.15) is 0 Å². The molecule has 0 amide bonds. The van der Waals surface area contributed by atoms with E-state index in [1.54, 1.807) is 0 Å². The summed E-state index contributed by atoms with van der Waals surface area (Å²) in [6.45, 7) is 1.49. The summed E-state index contributed by atoms with van der Waals surface area (Å²) in [5, 5.41) is 11.2. The fourth-order valence-electron chi connectivity index (χ4n) is 0.779. The summed E-state index contributed by atoms with van der Waals surface area (Å²) in [5.74, 6) is -1.86. The monoisotopic (exact) mass is 171 g/mol. The highest BCUT2D eigenvalue weighted by atomic mass is 19.2. The van der Waals surface area contributed by atoms with Crippen molar-refractivity contribution in [2.45, 2.75) is 6.92 Å². The van der Waals surface area contributed by atoms with E-state index in [1.165, 1.54) is 13.0 Å². The third kappa shape index (κ3) is 1.58. The van der Waals surface area contributed by atoms with E-state index in [0.717, 1.165) is 12.1 Å². The predicted octanol–water partition coefficient (Wildman–Crippen LogP) is 2.16. The van der Waals surface area contributed by atoms with Gasteiger partial charge < -0.3 is 5.21 Å². The van der Waals surface area contributed by atoms with Crippen LogP contribution in [0.4, 0.5) is 8.78 Å². The molecule has 0 radical (unpaired) electrons. The van der Waals surface area contributed by atoms with Crippen LogP contribution in [0.15, 0.2) is 23.4 Å². The maximum atomic E-state index is 12.6. The van der Waals surface area contributed by atoms with Crippen LogP contribution in [0.5, 0.6) is 0 Å². The lowest BCUT2D eigenvalue weighted by atomic mass is 10.1. The molecule has 0 saturated heterocycles. The lowest BCUT2D eigenvalue weighted by molar-refractivity contribution is 0.319. The number of benzene rings is 1. The minimum Gasteiger partial charge on any atom is -0.411 e. The van der Waals surface area contributed by atoms with Gasteiger partial charge in [-0.05, 0) is 25.1 Å². The molecular formula is C8H7F2NO. The largest absolute Gasteiger partial charge is 0.411 e. The van der Waals surface area contributed by atoms with Gasteiger partial charge in [-0.25, -0.2) is 8.78 Å². The summed E-state index contributed by atoms with van der Waals surface area (Å²) in [6.07, 6.45) is 0. The fraction of sp³-hybridized carbons (Fsp3) is 0.125. The summed E-state index contributed by atoms with van der Waals surface area (Å²) in [7, 11) is 0. The summed E-state index contributed by atoms with van der Waals surface area (Å²) < 4.78 is 25.0. The van der Waals surface area contributed by atoms with Gasteiger partial charge in [0.05, 0.1) is 5.71 Å². The number of hydrogen-bond donors (Lipinski definition) is 1. The SMILES string of the molecule is CC(=NO)c1ccc(F)c(F)c1. The van der Waals surface area contributed by atoms with Crippen LogP contribution in [0.2, 0.25) is 0 Å². The average Bonchev–Trinajstić information content (AvgIpc) is 2.08. The second-order valence-corrected chi connectivity index (χ2v) is 2.31. The molecule has 2 nitrogen and oxygen atoms in total. The van der Waals surface area contributed by atoms with Crippen LogP contribution in [0.3, 0.4) is 0 Å². The molecule has 0 bridgehead atoms. The maximum absolute atomic E-state index is 12.6. The molecule has 4 heteroatoms. The van der Waals surface area contributed by atoms with Crippen molar-refractivity contribution >= 4 is 5.71 Å². The number of hydrogen-bond acceptors (Lipinski definition) is 2. The van der Waals surface area contributed by atoms with E-state index in [2.05, 4.69) is 5.16 Å². The number of rotatable bonds is 1. The molecular weight excluding hydrogens is 164 g/mol. The van der Waals surface area contributed by atoms with E-state index < -0.39 is 11.6 Å². The summed E-state index contributed by atoms with van der Waals surface area (Å²) in [4.78, 5) is 0. The molecule has 12 heavy (non-hydrogen) atoms. The summed E-state index contributed by atoms with van der Waals surface area (Å²) in [5.41, 5.74) is 0.602. The van der Waals surface area contributed by atoms with Crippen molar-refractivity contribution in [3.63, 3.8) is 0 Å². The molecule has 64 valence electrons. The molecule has 0 spiro atoms. The van der Waals surface area contributed by atoms with E-state index in [4.69, 9.17) is 5.21 Å². The topological polar surface area (TPSA) is 32.6 Å². The maximum Gasteiger partial charge on any atom is 0.159 e. The Balaban J connectivity index is 3.13. The van der Waals surface area contributed by atoms with E-state index in [1.807, 2.05) is 0 Å². The first-order chi connectivity index (χ1) is 5.65. The zero-order valence-electron chi connectivity index (χ0n) is 6.38. The second kappa shape index (κ2) is 3.30. The first-order valence-corrected chi connectivity index (χ1v) is 3.29. The fourth-order valence-corrected chi connectivity index (χ4v) is 0.779. The van der Waals surface area contributed by atoms with Crippen LogP contribution in [0.1, 0.15) is 12.5 Å². The third-order valence-electron chi connectivity index (χ3n) is 1.49. The number of nitrogens with zero attached hydrogens (tertiary/aromatic N) is 1. The van der Waals surface area contributed by atoms with Gasteiger partial charge >= 0.3 is 0 Å². The lowest BCUT2D eigenvalue weighted by Crippen LogP contribution is -1.96. The van der Waals surface area contributed by atoms with Crippen molar-refractivity contribution < 1.29 is 14.0 Å². The molecule has 1 aromatic rings. The van der Waals surface area contributed by atoms with E-state index in [-0.39, 0.29) is 5.71 Å². The van der Waals surface area contributed by atoms with Gasteiger partial charge in [0.2, 0.25) is 0 Å². The Bertz CT molecular complexity index is 323. The van der Waals surface area contributed by atoms with Crippen LogP contribution in [-0.4, -0.2) is 10.9 Å². The average molecular weight is 171 g/mol. The van der Waals surface area contributed by atoms with Crippen molar-refractivity contribution in [2.75, 3.05) is 0 Å². The van der Waals surface area contributed by atoms with Gasteiger partial charge in [0.15, 0.2) is 11.6 Å². The Morgan fingerprint density at radius 3 is 2.50 bits per heavy atom. The highest BCUT2D eigenvalue weighted by Crippen LogP contribution is 2.09. The van der Waals surface area contributed by atoms with E-state index in [9.17, 15) is 8.78 Å². The molecule has 0 aliphatic carbocycles. The van der Waals surface area contributed by atoms with Crippen molar-refractivity contribution in [3.05, 3.63) is 35.4 Å². The molecule has 0 unspecified atom stereocenters. The normalized spacial score (nSPS) is 11.8. The lowest BCUT2D eigenvalue weighted by Gasteiger charge is -1.98. The number of oxime groups is 1. The number of halogens is 2. The van der Waals surface area contributed by atoms with Crippen LogP contribution in [-0.2, 0) is 0 Å². The first kappa shape index (κ1) is 8.64. The van der Waals surface area contributed by atoms with Crippen LogP contribution in [0.25, 0.3) is 0 Å². The zero-order chi connectivity index (χ0) is 9.14. The summed E-state index contributed by atoms with van der Waals surface area (Å²) >= 11 is 0. The summed E-state index contributed by atoms with van der Waals surface area (Å²) in [6, 6.07) is 3.30. The van der Waals surface area contributed by atoms with Crippen LogP contribution >= 0.6 is 0 Å². The van der Waals surface area contributed by atoms with Gasteiger partial charge in [-0.3, -0.25) is 0 Å². The molecule has 0 aromatic heterocycles. The Morgan fingerprint density at radius 1 is 1.33 bits per heavy atom. The van der Waals surface area contributed by atoms with E-state index >= 15 is 0 Å². The van der Waals surface area contributed by atoms with Crippen molar-refractivity contribution in [1.82, 2.24) is 0 Å². The van der Waals surface area contributed by atoms with E-state index in [0.29, 0.717) is 5.56 Å². The standard InChI is InChI=1S/C8H7F2NO/c1-5(11-12)6-2-3-7(9)8(10)4-6/h2-4,12H,1H3. The van der Waals surface area contributed by atoms with Crippen molar-refractivity contribution in [1.29, 1.82) is 0 Å². The smallest absolute Gasteiger partial charge is 0.159 e. The van der Waals surface area contributed by atoms with Gasteiger partial charge in [-0.15, -0.1) is 0 Å². The molecule has 1 rings (SSSR count). The second-order valence-electron chi connectivity index (χ2n) is 2.31. The Morgan fingerprint density at radius 2 is 2.00 bits per heavy atom. The molecule has 0 fully saturated rings. The molecule has 0 heterocycles. The van der Waals surface area contributed by atoms with Gasteiger partial charge in [-0.2, -0.15) is 0 Å². The van der Waals surface area contributed by atoms with Gasteiger partial charge in [0, 0.05) is 5.56 Å². The highest BCUT2D eigenvalue weighted by molar-refractivity contribution is 5.98. The minimum atomic E-state index is -0.949. The molecule has 0 atom stereocenters. The molecule has 0 aliphatic rings. The third-order valence-corrected chi connectivity index (χ3v) is 1.49. The van der Waals surface area contributed by atoms with Crippen molar-refractivity contribution in [3.8, 4) is 0 Å². The quantitative estimate of drug-likeness (QED) is 0.392. The van der Waals surface area contributed by atoms with Crippen LogP contribution in [0, 0.1) is 11.6 Å². The highest BCUT2D eigenvalue weighted by Gasteiger charge is 2.04. The van der Waals surface area contributed by atoms with Gasteiger partial charge in [0.25, 0.3) is 0 Å². The molecule has 1 aromatic carbocycles. The first-order valence-electron chi connectivity index (χ1n) is 3.29. The predicted molar refractivity (Wildman–Crippen MR) is 40.4 cm³/mol. The zero-order valence-corrected chi connectivity index (χ0v) is 6.38. The Labute approximate surface area is 68.1 Å². The Kier molecular flexibility index (Phi) is 2.38. The minimum absolute atomic E-state index is 0.244. The molecule has 0 saturated carbocycles. The van der Waals surface area contributed by atoms with Crippen LogP contribution < -0.4 is 0 Å². The Hall–Kier alpha value is -1.45.